The van der Waals surface area contributed by atoms with Gasteiger partial charge in [0.05, 0.1) is 11.1 Å². The maximum absolute atomic E-state index is 9.09. The van der Waals surface area contributed by atoms with Crippen LogP contribution in [0.1, 0.15) is 6.42 Å². The number of hydrogen-bond donors (Lipinski definition) is 1. The van der Waals surface area contributed by atoms with E-state index in [2.05, 4.69) is 27.3 Å². The summed E-state index contributed by atoms with van der Waals surface area (Å²) in [6, 6.07) is 7.15. The minimum atomic E-state index is -0.405. The van der Waals surface area contributed by atoms with Crippen LogP contribution in [0.2, 0.25) is 5.02 Å². The Kier molecular flexibility index (Phi) is 6.44. The van der Waals surface area contributed by atoms with Gasteiger partial charge >= 0.3 is 0 Å². The number of nitriles is 1. The lowest BCUT2D eigenvalue weighted by molar-refractivity contribution is -0.106. The average molecular weight is 334 g/mol. The molecule has 1 rings (SSSR count). The van der Waals surface area contributed by atoms with Crippen molar-refractivity contribution in [3.05, 3.63) is 27.7 Å². The number of nitrogens with zero attached hydrogens (tertiary/aromatic N) is 1. The first kappa shape index (κ1) is 15.3. The van der Waals surface area contributed by atoms with E-state index in [0.29, 0.717) is 11.4 Å². The summed E-state index contributed by atoms with van der Waals surface area (Å²) in [4.78, 5) is 0. The fraction of sp³-hybridized carbons (Fsp3) is 0.417. The summed E-state index contributed by atoms with van der Waals surface area (Å²) in [6.07, 6.45) is 0.0295. The number of hydrogen-bond acceptors (Lipinski definition) is 4. The van der Waals surface area contributed by atoms with Crippen LogP contribution in [0.3, 0.4) is 0 Å². The third-order valence-corrected chi connectivity index (χ3v) is 3.58. The molecule has 0 aromatic heterocycles. The van der Waals surface area contributed by atoms with Crippen LogP contribution in [0.5, 0.6) is 0 Å². The van der Waals surface area contributed by atoms with Crippen LogP contribution in [-0.2, 0) is 9.47 Å². The second kappa shape index (κ2) is 7.59. The molecule has 0 aliphatic rings. The third-order valence-electron chi connectivity index (χ3n) is 2.37. The monoisotopic (exact) mass is 332 g/mol. The SMILES string of the molecule is COC(CC(C#N)Nc1ccc(Cl)c(Br)c1)OC. The zero-order valence-electron chi connectivity index (χ0n) is 10.1. The van der Waals surface area contributed by atoms with Gasteiger partial charge in [0.25, 0.3) is 0 Å². The average Bonchev–Trinajstić information content (AvgIpc) is 2.38. The first-order valence-corrected chi connectivity index (χ1v) is 6.44. The highest BCUT2D eigenvalue weighted by Crippen LogP contribution is 2.26. The zero-order chi connectivity index (χ0) is 13.5. The van der Waals surface area contributed by atoms with Gasteiger partial charge in [0.15, 0.2) is 6.29 Å². The Balaban J connectivity index is 2.68. The maximum Gasteiger partial charge on any atom is 0.159 e. The lowest BCUT2D eigenvalue weighted by atomic mass is 10.2. The molecule has 0 saturated heterocycles. The van der Waals surface area contributed by atoms with Gasteiger partial charge in [-0.05, 0) is 34.1 Å². The standard InChI is InChI=1S/C12H14BrClN2O2/c1-17-12(18-2)6-9(7-15)16-8-3-4-11(14)10(13)5-8/h3-5,9,12,16H,6H2,1-2H3. The number of benzene rings is 1. The van der Waals surface area contributed by atoms with Crippen LogP contribution in [0.15, 0.2) is 22.7 Å². The fourth-order valence-electron chi connectivity index (χ4n) is 1.41. The normalized spacial score (nSPS) is 12.2. The van der Waals surface area contributed by atoms with Gasteiger partial charge in [-0.25, -0.2) is 0 Å². The topological polar surface area (TPSA) is 54.3 Å². The molecule has 0 radical (unpaired) electrons. The molecule has 0 amide bonds. The highest BCUT2D eigenvalue weighted by molar-refractivity contribution is 9.10. The predicted molar refractivity (Wildman–Crippen MR) is 74.6 cm³/mol. The second-order valence-electron chi connectivity index (χ2n) is 3.59. The molecule has 98 valence electrons. The van der Waals surface area contributed by atoms with Gasteiger partial charge in [-0.2, -0.15) is 5.26 Å². The van der Waals surface area contributed by atoms with Crippen molar-refractivity contribution in [2.75, 3.05) is 19.5 Å². The van der Waals surface area contributed by atoms with Crippen molar-refractivity contribution < 1.29 is 9.47 Å². The Morgan fingerprint density at radius 3 is 2.61 bits per heavy atom. The van der Waals surface area contributed by atoms with E-state index in [1.165, 1.54) is 0 Å². The van der Waals surface area contributed by atoms with E-state index in [1.807, 2.05) is 12.1 Å². The molecule has 1 atom stereocenters. The van der Waals surface area contributed by atoms with Crippen LogP contribution >= 0.6 is 27.5 Å². The van der Waals surface area contributed by atoms with Crippen LogP contribution in [0, 0.1) is 11.3 Å². The maximum atomic E-state index is 9.09. The van der Waals surface area contributed by atoms with E-state index in [9.17, 15) is 0 Å². The van der Waals surface area contributed by atoms with E-state index >= 15 is 0 Å². The number of nitrogens with one attached hydrogen (secondary N) is 1. The zero-order valence-corrected chi connectivity index (χ0v) is 12.5. The molecular formula is C12H14BrClN2O2. The van der Waals surface area contributed by atoms with Crippen LogP contribution in [0.4, 0.5) is 5.69 Å². The quantitative estimate of drug-likeness (QED) is 0.811. The molecular weight excluding hydrogens is 320 g/mol. The van der Waals surface area contributed by atoms with Crippen molar-refractivity contribution >= 4 is 33.2 Å². The van der Waals surface area contributed by atoms with Crippen molar-refractivity contribution in [3.63, 3.8) is 0 Å². The van der Waals surface area contributed by atoms with Crippen molar-refractivity contribution in [2.24, 2.45) is 0 Å². The summed E-state index contributed by atoms with van der Waals surface area (Å²) in [5.74, 6) is 0. The molecule has 0 fully saturated rings. The molecule has 0 bridgehead atoms. The minimum Gasteiger partial charge on any atom is -0.370 e. The van der Waals surface area contributed by atoms with Gasteiger partial charge in [-0.15, -0.1) is 0 Å². The predicted octanol–water partition coefficient (Wildman–Crippen LogP) is 3.42. The summed E-state index contributed by atoms with van der Waals surface area (Å²) in [5.41, 5.74) is 0.809. The van der Waals surface area contributed by atoms with E-state index in [0.717, 1.165) is 10.2 Å². The third kappa shape index (κ3) is 4.46. The molecule has 6 heteroatoms. The Labute approximate surface area is 120 Å². The van der Waals surface area contributed by atoms with Gasteiger partial charge < -0.3 is 14.8 Å². The van der Waals surface area contributed by atoms with Crippen LogP contribution < -0.4 is 5.32 Å². The van der Waals surface area contributed by atoms with Crippen LogP contribution in [-0.4, -0.2) is 26.6 Å². The smallest absolute Gasteiger partial charge is 0.159 e. The molecule has 0 heterocycles. The highest BCUT2D eigenvalue weighted by Gasteiger charge is 2.15. The van der Waals surface area contributed by atoms with E-state index in [-0.39, 0.29) is 0 Å². The molecule has 1 aromatic carbocycles. The van der Waals surface area contributed by atoms with Gasteiger partial charge in [-0.3, -0.25) is 0 Å². The molecule has 0 aliphatic heterocycles. The molecule has 1 aromatic rings. The van der Waals surface area contributed by atoms with E-state index < -0.39 is 12.3 Å². The van der Waals surface area contributed by atoms with Crippen molar-refractivity contribution in [1.82, 2.24) is 0 Å². The number of ether oxygens (including phenoxy) is 2. The molecule has 1 N–H and O–H groups in total. The van der Waals surface area contributed by atoms with Crippen molar-refractivity contribution in [1.29, 1.82) is 5.26 Å². The first-order valence-electron chi connectivity index (χ1n) is 5.27. The van der Waals surface area contributed by atoms with Gasteiger partial charge in [0.2, 0.25) is 0 Å². The Bertz CT molecular complexity index is 433. The summed E-state index contributed by atoms with van der Waals surface area (Å²) < 4.78 is 10.9. The highest BCUT2D eigenvalue weighted by atomic mass is 79.9. The lowest BCUT2D eigenvalue weighted by Gasteiger charge is -2.18. The Morgan fingerprint density at radius 1 is 1.44 bits per heavy atom. The van der Waals surface area contributed by atoms with E-state index in [1.54, 1.807) is 20.3 Å². The number of methoxy groups -OCH3 is 2. The summed E-state index contributed by atoms with van der Waals surface area (Å²) >= 11 is 9.23. The largest absolute Gasteiger partial charge is 0.370 e. The van der Waals surface area contributed by atoms with Crippen molar-refractivity contribution in [2.45, 2.75) is 18.8 Å². The lowest BCUT2D eigenvalue weighted by Crippen LogP contribution is -2.26. The second-order valence-corrected chi connectivity index (χ2v) is 4.85. The number of halogens is 2. The number of rotatable bonds is 6. The minimum absolute atomic E-state index is 0.400. The molecule has 1 unspecified atom stereocenters. The molecule has 18 heavy (non-hydrogen) atoms. The molecule has 4 nitrogen and oxygen atoms in total. The number of anilines is 1. The van der Waals surface area contributed by atoms with E-state index in [4.69, 9.17) is 26.3 Å². The molecule has 0 saturated carbocycles. The van der Waals surface area contributed by atoms with Gasteiger partial charge in [0.1, 0.15) is 6.04 Å². The van der Waals surface area contributed by atoms with Crippen LogP contribution in [0.25, 0.3) is 0 Å². The summed E-state index contributed by atoms with van der Waals surface area (Å²) in [5, 5.41) is 12.8. The fourth-order valence-corrected chi connectivity index (χ4v) is 1.91. The summed E-state index contributed by atoms with van der Waals surface area (Å²) in [6.45, 7) is 0. The molecule has 0 spiro atoms. The summed E-state index contributed by atoms with van der Waals surface area (Å²) in [7, 11) is 3.09. The first-order chi connectivity index (χ1) is 8.60. The Hall–Kier alpha value is -0.800. The van der Waals surface area contributed by atoms with Crippen molar-refractivity contribution in [3.8, 4) is 6.07 Å². The molecule has 0 aliphatic carbocycles. The van der Waals surface area contributed by atoms with Gasteiger partial charge in [-0.1, -0.05) is 11.6 Å². The van der Waals surface area contributed by atoms with Gasteiger partial charge in [0, 0.05) is 30.8 Å². The Morgan fingerprint density at radius 2 is 2.11 bits per heavy atom.